The van der Waals surface area contributed by atoms with Crippen molar-refractivity contribution >= 4 is 11.8 Å². The van der Waals surface area contributed by atoms with E-state index in [4.69, 9.17) is 14.4 Å². The first kappa shape index (κ1) is 13.5. The third kappa shape index (κ3) is 2.45. The standard InChI is InChI=1S/C13H12FN3O4/c1-7-15-12(16-21-7)10-3-2-8(4-11(10)14)17-5-9(6-18)20-13(17)19/h2-4,9,18H,5-6H2,1H3. The molecule has 1 amide bonds. The van der Waals surface area contributed by atoms with Gasteiger partial charge in [-0.1, -0.05) is 5.16 Å². The van der Waals surface area contributed by atoms with Gasteiger partial charge in [0.05, 0.1) is 24.4 Å². The highest BCUT2D eigenvalue weighted by Crippen LogP contribution is 2.27. The van der Waals surface area contributed by atoms with Crippen LogP contribution < -0.4 is 4.90 Å². The van der Waals surface area contributed by atoms with Crippen LogP contribution in [0.4, 0.5) is 14.9 Å². The zero-order chi connectivity index (χ0) is 15.0. The summed E-state index contributed by atoms with van der Waals surface area (Å²) in [6, 6.07) is 4.22. The van der Waals surface area contributed by atoms with E-state index in [1.54, 1.807) is 13.0 Å². The first-order valence-electron chi connectivity index (χ1n) is 6.27. The molecule has 0 radical (unpaired) electrons. The van der Waals surface area contributed by atoms with Crippen molar-refractivity contribution in [2.75, 3.05) is 18.1 Å². The third-order valence-electron chi connectivity index (χ3n) is 3.11. The summed E-state index contributed by atoms with van der Waals surface area (Å²) < 4.78 is 23.9. The Morgan fingerprint density at radius 3 is 2.90 bits per heavy atom. The molecule has 2 aromatic rings. The summed E-state index contributed by atoms with van der Waals surface area (Å²) in [4.78, 5) is 16.9. The first-order chi connectivity index (χ1) is 10.1. The van der Waals surface area contributed by atoms with Gasteiger partial charge in [-0.15, -0.1) is 0 Å². The Morgan fingerprint density at radius 1 is 1.52 bits per heavy atom. The number of aliphatic hydroxyl groups excluding tert-OH is 1. The number of cyclic esters (lactones) is 1. The van der Waals surface area contributed by atoms with Crippen LogP contribution in [-0.4, -0.2) is 40.6 Å². The number of carbonyl (C=O) groups excluding carboxylic acids is 1. The molecule has 1 fully saturated rings. The highest BCUT2D eigenvalue weighted by molar-refractivity contribution is 5.90. The van der Waals surface area contributed by atoms with E-state index < -0.39 is 18.0 Å². The van der Waals surface area contributed by atoms with Crippen molar-refractivity contribution in [1.29, 1.82) is 0 Å². The zero-order valence-electron chi connectivity index (χ0n) is 11.1. The molecule has 0 spiro atoms. The number of carbonyl (C=O) groups is 1. The van der Waals surface area contributed by atoms with Crippen molar-refractivity contribution in [3.8, 4) is 11.4 Å². The molecule has 21 heavy (non-hydrogen) atoms. The fourth-order valence-electron chi connectivity index (χ4n) is 2.09. The summed E-state index contributed by atoms with van der Waals surface area (Å²) in [5.41, 5.74) is 0.527. The van der Waals surface area contributed by atoms with Gasteiger partial charge in [-0.25, -0.2) is 9.18 Å². The normalized spacial score (nSPS) is 18.1. The second-order valence-electron chi connectivity index (χ2n) is 4.60. The Morgan fingerprint density at radius 2 is 2.33 bits per heavy atom. The van der Waals surface area contributed by atoms with Gasteiger partial charge in [0.1, 0.15) is 11.9 Å². The van der Waals surface area contributed by atoms with Crippen molar-refractivity contribution in [3.05, 3.63) is 29.9 Å². The lowest BCUT2D eigenvalue weighted by Crippen LogP contribution is -2.25. The summed E-state index contributed by atoms with van der Waals surface area (Å²) in [7, 11) is 0. The molecule has 0 bridgehead atoms. The average Bonchev–Trinajstić information content (AvgIpc) is 3.04. The van der Waals surface area contributed by atoms with Crippen LogP contribution in [0.15, 0.2) is 22.7 Å². The van der Waals surface area contributed by atoms with Crippen molar-refractivity contribution in [3.63, 3.8) is 0 Å². The van der Waals surface area contributed by atoms with E-state index >= 15 is 0 Å². The minimum atomic E-state index is -0.614. The molecule has 7 nitrogen and oxygen atoms in total. The Kier molecular flexibility index (Phi) is 3.30. The predicted octanol–water partition coefficient (Wildman–Crippen LogP) is 1.50. The average molecular weight is 293 g/mol. The van der Waals surface area contributed by atoms with Crippen molar-refractivity contribution in [1.82, 2.24) is 10.1 Å². The number of amides is 1. The largest absolute Gasteiger partial charge is 0.441 e. The zero-order valence-corrected chi connectivity index (χ0v) is 11.1. The Balaban J connectivity index is 1.90. The van der Waals surface area contributed by atoms with Gasteiger partial charge in [0.25, 0.3) is 0 Å². The predicted molar refractivity (Wildman–Crippen MR) is 69.1 cm³/mol. The number of hydrogen-bond donors (Lipinski definition) is 1. The molecular weight excluding hydrogens is 281 g/mol. The highest BCUT2D eigenvalue weighted by atomic mass is 19.1. The number of halogens is 1. The molecule has 1 unspecified atom stereocenters. The molecule has 1 aliphatic rings. The van der Waals surface area contributed by atoms with Gasteiger partial charge < -0.3 is 14.4 Å². The quantitative estimate of drug-likeness (QED) is 0.922. The summed E-state index contributed by atoms with van der Waals surface area (Å²) in [5.74, 6) is -0.0929. The molecule has 1 aromatic carbocycles. The molecule has 8 heteroatoms. The number of aryl methyl sites for hydroxylation is 1. The number of aromatic nitrogens is 2. The Hall–Kier alpha value is -2.48. The van der Waals surface area contributed by atoms with Crippen LogP contribution in [0, 0.1) is 12.7 Å². The molecule has 2 heterocycles. The lowest BCUT2D eigenvalue weighted by molar-refractivity contribution is 0.0963. The van der Waals surface area contributed by atoms with Gasteiger partial charge >= 0.3 is 6.09 Å². The van der Waals surface area contributed by atoms with E-state index in [1.807, 2.05) is 0 Å². The van der Waals surface area contributed by atoms with Crippen LogP contribution in [0.5, 0.6) is 0 Å². The van der Waals surface area contributed by atoms with Crippen molar-refractivity contribution in [2.45, 2.75) is 13.0 Å². The van der Waals surface area contributed by atoms with Crippen LogP contribution in [0.25, 0.3) is 11.4 Å². The lowest BCUT2D eigenvalue weighted by Gasteiger charge is -2.13. The van der Waals surface area contributed by atoms with Gasteiger partial charge in [0.15, 0.2) is 0 Å². The smallest absolute Gasteiger partial charge is 0.414 e. The van der Waals surface area contributed by atoms with E-state index in [2.05, 4.69) is 10.1 Å². The van der Waals surface area contributed by atoms with Gasteiger partial charge in [-0.3, -0.25) is 4.90 Å². The second kappa shape index (κ2) is 5.13. The fraction of sp³-hybridized carbons (Fsp3) is 0.308. The SMILES string of the molecule is Cc1nc(-c2ccc(N3CC(CO)OC3=O)cc2F)no1. The fourth-order valence-corrected chi connectivity index (χ4v) is 2.09. The monoisotopic (exact) mass is 293 g/mol. The molecule has 1 saturated heterocycles. The molecule has 3 rings (SSSR count). The minimum Gasteiger partial charge on any atom is -0.441 e. The summed E-state index contributed by atoms with van der Waals surface area (Å²) in [6.45, 7) is 1.51. The van der Waals surface area contributed by atoms with Crippen LogP contribution in [-0.2, 0) is 4.74 Å². The maximum absolute atomic E-state index is 14.2. The molecule has 0 aliphatic carbocycles. The number of benzene rings is 1. The van der Waals surface area contributed by atoms with E-state index in [-0.39, 0.29) is 24.5 Å². The first-order valence-corrected chi connectivity index (χ1v) is 6.27. The summed E-state index contributed by atoms with van der Waals surface area (Å²) >= 11 is 0. The van der Waals surface area contributed by atoms with Gasteiger partial charge in [-0.05, 0) is 18.2 Å². The van der Waals surface area contributed by atoms with Crippen molar-refractivity contribution in [2.24, 2.45) is 0 Å². The van der Waals surface area contributed by atoms with E-state index in [0.29, 0.717) is 11.6 Å². The summed E-state index contributed by atoms with van der Waals surface area (Å²) in [5, 5.41) is 12.6. The summed E-state index contributed by atoms with van der Waals surface area (Å²) in [6.07, 6.45) is -1.21. The van der Waals surface area contributed by atoms with Gasteiger partial charge in [-0.2, -0.15) is 4.98 Å². The van der Waals surface area contributed by atoms with Crippen LogP contribution in [0.1, 0.15) is 5.89 Å². The molecule has 1 atom stereocenters. The van der Waals surface area contributed by atoms with Crippen LogP contribution in [0.2, 0.25) is 0 Å². The van der Waals surface area contributed by atoms with Crippen LogP contribution >= 0.6 is 0 Å². The van der Waals surface area contributed by atoms with Crippen molar-refractivity contribution < 1.29 is 23.6 Å². The topological polar surface area (TPSA) is 88.7 Å². The molecule has 110 valence electrons. The molecule has 1 aromatic heterocycles. The maximum Gasteiger partial charge on any atom is 0.414 e. The second-order valence-corrected chi connectivity index (χ2v) is 4.60. The van der Waals surface area contributed by atoms with Crippen LogP contribution in [0.3, 0.4) is 0 Å². The number of hydrogen-bond acceptors (Lipinski definition) is 6. The minimum absolute atomic E-state index is 0.147. The molecule has 1 N–H and O–H groups in total. The Bertz CT molecular complexity index is 688. The number of nitrogens with zero attached hydrogens (tertiary/aromatic N) is 3. The number of rotatable bonds is 3. The highest BCUT2D eigenvalue weighted by Gasteiger charge is 2.32. The molecule has 1 aliphatic heterocycles. The number of anilines is 1. The molecular formula is C13H12FN3O4. The Labute approximate surface area is 118 Å². The lowest BCUT2D eigenvalue weighted by atomic mass is 10.1. The third-order valence-corrected chi connectivity index (χ3v) is 3.11. The maximum atomic E-state index is 14.2. The van der Waals surface area contributed by atoms with Gasteiger partial charge in [0.2, 0.25) is 11.7 Å². The molecule has 0 saturated carbocycles. The van der Waals surface area contributed by atoms with E-state index in [9.17, 15) is 9.18 Å². The number of aliphatic hydroxyl groups is 1. The van der Waals surface area contributed by atoms with Gasteiger partial charge in [0, 0.05) is 6.92 Å². The van der Waals surface area contributed by atoms with E-state index in [1.165, 1.54) is 17.0 Å². The van der Waals surface area contributed by atoms with E-state index in [0.717, 1.165) is 0 Å². The number of ether oxygens (including phenoxy) is 1.